The van der Waals surface area contributed by atoms with Crippen LogP contribution in [-0.2, 0) is 4.79 Å². The van der Waals surface area contributed by atoms with Crippen molar-refractivity contribution < 1.29 is 14.3 Å². The van der Waals surface area contributed by atoms with Crippen LogP contribution in [-0.4, -0.2) is 18.1 Å². The van der Waals surface area contributed by atoms with Gasteiger partial charge in [-0.05, 0) is 63.6 Å². The molecule has 5 heteroatoms. The highest BCUT2D eigenvalue weighted by molar-refractivity contribution is 6.31. The minimum atomic E-state index is -0.655. The Morgan fingerprint density at radius 3 is 2.46 bits per heavy atom. The Morgan fingerprint density at radius 1 is 1.08 bits per heavy atom. The van der Waals surface area contributed by atoms with E-state index in [1.165, 1.54) is 0 Å². The molecule has 0 saturated heterocycles. The van der Waals surface area contributed by atoms with E-state index in [1.807, 2.05) is 45.0 Å². The predicted octanol–water partition coefficient (Wildman–Crippen LogP) is 4.84. The lowest BCUT2D eigenvalue weighted by atomic mass is 10.2. The number of benzene rings is 2. The van der Waals surface area contributed by atoms with Gasteiger partial charge in [-0.15, -0.1) is 0 Å². The fourth-order valence-corrected chi connectivity index (χ4v) is 2.23. The maximum Gasteiger partial charge on any atom is 0.265 e. The summed E-state index contributed by atoms with van der Waals surface area (Å²) in [6.45, 7) is 7.46. The number of carbonyl (C=O) groups is 1. The van der Waals surface area contributed by atoms with Crippen LogP contribution in [0.1, 0.15) is 26.3 Å². The van der Waals surface area contributed by atoms with E-state index in [2.05, 4.69) is 5.32 Å². The van der Waals surface area contributed by atoms with Crippen molar-refractivity contribution in [1.82, 2.24) is 0 Å². The van der Waals surface area contributed by atoms with Crippen molar-refractivity contribution in [3.63, 3.8) is 0 Å². The van der Waals surface area contributed by atoms with Crippen LogP contribution in [0, 0.1) is 6.92 Å². The van der Waals surface area contributed by atoms with Crippen LogP contribution < -0.4 is 14.8 Å². The number of halogens is 1. The van der Waals surface area contributed by atoms with Gasteiger partial charge < -0.3 is 14.8 Å². The number of nitrogens with one attached hydrogen (secondary N) is 1. The fraction of sp³-hybridized carbons (Fsp3) is 0.316. The van der Waals surface area contributed by atoms with Crippen molar-refractivity contribution in [2.75, 3.05) is 5.32 Å². The van der Waals surface area contributed by atoms with Gasteiger partial charge >= 0.3 is 0 Å². The number of carbonyl (C=O) groups excluding carboxylic acids is 1. The van der Waals surface area contributed by atoms with Crippen LogP contribution in [0.2, 0.25) is 5.02 Å². The molecule has 0 bridgehead atoms. The molecule has 0 aliphatic rings. The number of rotatable bonds is 6. The fourth-order valence-electron chi connectivity index (χ4n) is 2.11. The molecule has 0 aromatic heterocycles. The normalized spacial score (nSPS) is 11.9. The van der Waals surface area contributed by atoms with E-state index in [-0.39, 0.29) is 12.0 Å². The highest BCUT2D eigenvalue weighted by Gasteiger charge is 2.17. The zero-order valence-corrected chi connectivity index (χ0v) is 15.1. The van der Waals surface area contributed by atoms with Crippen LogP contribution in [0.15, 0.2) is 42.5 Å². The number of amides is 1. The molecule has 0 aliphatic carbocycles. The second kappa shape index (κ2) is 8.06. The summed E-state index contributed by atoms with van der Waals surface area (Å²) in [4.78, 5) is 12.4. The Balaban J connectivity index is 2.05. The summed E-state index contributed by atoms with van der Waals surface area (Å²) in [7, 11) is 0. The van der Waals surface area contributed by atoms with E-state index in [9.17, 15) is 4.79 Å². The lowest BCUT2D eigenvalue weighted by molar-refractivity contribution is -0.122. The van der Waals surface area contributed by atoms with Gasteiger partial charge in [0.1, 0.15) is 11.5 Å². The Kier molecular flexibility index (Phi) is 6.10. The van der Waals surface area contributed by atoms with E-state index >= 15 is 0 Å². The third-order valence-electron chi connectivity index (χ3n) is 3.32. The molecule has 2 aromatic carbocycles. The number of aryl methyl sites for hydroxylation is 1. The molecular weight excluding hydrogens is 326 g/mol. The van der Waals surface area contributed by atoms with Crippen LogP contribution in [0.5, 0.6) is 11.5 Å². The summed E-state index contributed by atoms with van der Waals surface area (Å²) in [5.74, 6) is 0.990. The number of para-hydroxylation sites is 2. The lowest BCUT2D eigenvalue weighted by Gasteiger charge is -2.18. The molecule has 0 aliphatic heterocycles. The molecule has 24 heavy (non-hydrogen) atoms. The van der Waals surface area contributed by atoms with Crippen molar-refractivity contribution in [2.24, 2.45) is 0 Å². The van der Waals surface area contributed by atoms with Crippen LogP contribution in [0.4, 0.5) is 5.69 Å². The highest BCUT2D eigenvalue weighted by atomic mass is 35.5. The summed E-state index contributed by atoms with van der Waals surface area (Å²) in [5.41, 5.74) is 1.52. The van der Waals surface area contributed by atoms with Crippen LogP contribution >= 0.6 is 11.6 Å². The van der Waals surface area contributed by atoms with E-state index in [0.29, 0.717) is 22.2 Å². The molecule has 0 fully saturated rings. The Labute approximate surface area is 147 Å². The molecule has 1 amide bonds. The Bertz CT molecular complexity index is 716. The molecule has 1 unspecified atom stereocenters. The third kappa shape index (κ3) is 4.90. The van der Waals surface area contributed by atoms with Gasteiger partial charge in [0.15, 0.2) is 6.10 Å². The number of hydrogen-bond donors (Lipinski definition) is 1. The molecule has 0 saturated carbocycles. The first kappa shape index (κ1) is 18.1. The quantitative estimate of drug-likeness (QED) is 0.813. The minimum Gasteiger partial charge on any atom is -0.489 e. The topological polar surface area (TPSA) is 47.6 Å². The van der Waals surface area contributed by atoms with Crippen LogP contribution in [0.25, 0.3) is 0 Å². The van der Waals surface area contributed by atoms with Gasteiger partial charge in [0.2, 0.25) is 0 Å². The van der Waals surface area contributed by atoms with E-state index in [0.717, 1.165) is 5.56 Å². The molecule has 2 aromatic rings. The second-order valence-corrected chi connectivity index (χ2v) is 6.23. The van der Waals surface area contributed by atoms with Crippen molar-refractivity contribution in [3.8, 4) is 11.5 Å². The van der Waals surface area contributed by atoms with E-state index in [1.54, 1.807) is 25.1 Å². The zero-order chi connectivity index (χ0) is 17.7. The molecule has 1 atom stereocenters. The average molecular weight is 348 g/mol. The number of hydrogen-bond acceptors (Lipinski definition) is 3. The largest absolute Gasteiger partial charge is 0.489 e. The monoisotopic (exact) mass is 347 g/mol. The number of anilines is 1. The first-order valence-corrected chi connectivity index (χ1v) is 8.24. The number of ether oxygens (including phenoxy) is 2. The summed E-state index contributed by atoms with van der Waals surface area (Å²) >= 11 is 6.00. The third-order valence-corrected chi connectivity index (χ3v) is 3.74. The molecule has 0 spiro atoms. The van der Waals surface area contributed by atoms with Gasteiger partial charge in [-0.3, -0.25) is 4.79 Å². The Hall–Kier alpha value is -2.20. The molecule has 0 heterocycles. The lowest BCUT2D eigenvalue weighted by Crippen LogP contribution is -2.30. The zero-order valence-electron chi connectivity index (χ0n) is 14.3. The van der Waals surface area contributed by atoms with Crippen molar-refractivity contribution in [1.29, 1.82) is 0 Å². The SMILES string of the molecule is Cc1cc(OC(C)C(=O)Nc2ccccc2OC(C)C)ccc1Cl. The summed E-state index contributed by atoms with van der Waals surface area (Å²) in [6, 6.07) is 12.6. The van der Waals surface area contributed by atoms with E-state index in [4.69, 9.17) is 21.1 Å². The predicted molar refractivity (Wildman–Crippen MR) is 97.1 cm³/mol. The van der Waals surface area contributed by atoms with Gasteiger partial charge in [0, 0.05) is 5.02 Å². The molecule has 128 valence electrons. The average Bonchev–Trinajstić information content (AvgIpc) is 2.52. The van der Waals surface area contributed by atoms with Crippen molar-refractivity contribution in [3.05, 3.63) is 53.1 Å². The van der Waals surface area contributed by atoms with E-state index < -0.39 is 6.10 Å². The molecule has 4 nitrogen and oxygen atoms in total. The van der Waals surface area contributed by atoms with Gasteiger partial charge in [-0.25, -0.2) is 0 Å². The molecule has 2 rings (SSSR count). The smallest absolute Gasteiger partial charge is 0.265 e. The summed E-state index contributed by atoms with van der Waals surface area (Å²) < 4.78 is 11.4. The summed E-state index contributed by atoms with van der Waals surface area (Å²) in [6.07, 6.45) is -0.633. The highest BCUT2D eigenvalue weighted by Crippen LogP contribution is 2.26. The van der Waals surface area contributed by atoms with Crippen molar-refractivity contribution >= 4 is 23.2 Å². The van der Waals surface area contributed by atoms with Crippen molar-refractivity contribution in [2.45, 2.75) is 39.9 Å². The van der Waals surface area contributed by atoms with Gasteiger partial charge in [-0.1, -0.05) is 23.7 Å². The second-order valence-electron chi connectivity index (χ2n) is 5.82. The first-order valence-electron chi connectivity index (χ1n) is 7.86. The minimum absolute atomic E-state index is 0.0220. The molecule has 1 N–H and O–H groups in total. The molecule has 0 radical (unpaired) electrons. The summed E-state index contributed by atoms with van der Waals surface area (Å²) in [5, 5.41) is 3.51. The van der Waals surface area contributed by atoms with Crippen LogP contribution in [0.3, 0.4) is 0 Å². The van der Waals surface area contributed by atoms with Gasteiger partial charge in [0.05, 0.1) is 11.8 Å². The first-order chi connectivity index (χ1) is 11.4. The standard InChI is InChI=1S/C19H22ClNO3/c1-12(2)23-18-8-6-5-7-17(18)21-19(22)14(4)24-15-9-10-16(20)13(3)11-15/h5-12,14H,1-4H3,(H,21,22). The maximum atomic E-state index is 12.4. The Morgan fingerprint density at radius 2 is 1.79 bits per heavy atom. The maximum absolute atomic E-state index is 12.4. The van der Waals surface area contributed by atoms with Gasteiger partial charge in [0.25, 0.3) is 5.91 Å². The molecular formula is C19H22ClNO3. The van der Waals surface area contributed by atoms with Gasteiger partial charge in [-0.2, -0.15) is 0 Å².